The van der Waals surface area contributed by atoms with E-state index in [1.165, 1.54) is 33.4 Å². The van der Waals surface area contributed by atoms with Gasteiger partial charge in [0.05, 0.1) is 0 Å². The third kappa shape index (κ3) is 8.83. The molecule has 2 aromatic rings. The normalized spacial score (nSPS) is 13.6. The highest BCUT2D eigenvalue weighted by atomic mass is 31.0. The molecule has 36 heavy (non-hydrogen) atoms. The van der Waals surface area contributed by atoms with Crippen LogP contribution in [0.25, 0.3) is 11.1 Å². The highest BCUT2D eigenvalue weighted by Gasteiger charge is 2.27. The summed E-state index contributed by atoms with van der Waals surface area (Å²) in [5.41, 5.74) is 8.35. The Morgan fingerprint density at radius 2 is 1.36 bits per heavy atom. The maximum absolute atomic E-state index is 13.1. The molecule has 0 bridgehead atoms. The van der Waals surface area contributed by atoms with Gasteiger partial charge in [-0.15, -0.1) is 9.24 Å². The number of rotatable bonds is 12. The zero-order valence-electron chi connectivity index (χ0n) is 25.1. The number of ketones is 1. The molecule has 0 saturated heterocycles. The summed E-state index contributed by atoms with van der Waals surface area (Å²) in [5.74, 6) is 2.21. The van der Waals surface area contributed by atoms with Crippen molar-refractivity contribution in [3.63, 3.8) is 0 Å². The van der Waals surface area contributed by atoms with Gasteiger partial charge in [-0.3, -0.25) is 4.79 Å². The number of hydrogen-bond donors (Lipinski definition) is 0. The molecular formula is C34H53OP. The first-order valence-electron chi connectivity index (χ1n) is 14.1. The number of Topliss-reactive ketones (excluding diaryl/α,β-unsaturated/α-hetero) is 1. The van der Waals surface area contributed by atoms with Gasteiger partial charge in [0, 0.05) is 12.8 Å². The van der Waals surface area contributed by atoms with E-state index >= 15 is 0 Å². The van der Waals surface area contributed by atoms with Crippen LogP contribution in [-0.2, 0) is 11.2 Å². The second-order valence-electron chi connectivity index (χ2n) is 13.8. The Morgan fingerprint density at radius 1 is 0.833 bits per heavy atom. The van der Waals surface area contributed by atoms with Crippen LogP contribution >= 0.6 is 9.24 Å². The van der Waals surface area contributed by atoms with Gasteiger partial charge in [0.15, 0.2) is 0 Å². The predicted molar refractivity (Wildman–Crippen MR) is 163 cm³/mol. The van der Waals surface area contributed by atoms with Crippen LogP contribution in [0.1, 0.15) is 135 Å². The molecule has 0 heterocycles. The monoisotopic (exact) mass is 508 g/mol. The third-order valence-corrected chi connectivity index (χ3v) is 7.45. The molecule has 0 fully saturated rings. The zero-order valence-corrected chi connectivity index (χ0v) is 26.2. The maximum Gasteiger partial charge on any atom is 0.133 e. The summed E-state index contributed by atoms with van der Waals surface area (Å²) in [6.45, 7) is 25.0. The average molecular weight is 509 g/mol. The summed E-state index contributed by atoms with van der Waals surface area (Å²) in [6, 6.07) is 13.8. The molecule has 2 aromatic carbocycles. The molecule has 0 amide bonds. The van der Waals surface area contributed by atoms with E-state index in [2.05, 4.69) is 122 Å². The lowest BCUT2D eigenvalue weighted by molar-refractivity contribution is -0.121. The number of carbonyl (C=O) groups excluding carboxylic acids is 1. The fraction of sp³-hybridized carbons (Fsp3) is 0.618. The van der Waals surface area contributed by atoms with Crippen molar-refractivity contribution in [1.29, 1.82) is 0 Å². The Labute approximate surface area is 225 Å². The van der Waals surface area contributed by atoms with E-state index in [0.29, 0.717) is 42.3 Å². The van der Waals surface area contributed by atoms with Crippen LogP contribution in [-0.4, -0.2) is 10.9 Å². The fourth-order valence-electron chi connectivity index (χ4n) is 5.73. The quantitative estimate of drug-likeness (QED) is 0.261. The summed E-state index contributed by atoms with van der Waals surface area (Å²) in [4.78, 5) is 13.1. The van der Waals surface area contributed by atoms with Crippen molar-refractivity contribution in [2.45, 2.75) is 125 Å². The van der Waals surface area contributed by atoms with Crippen molar-refractivity contribution in [1.82, 2.24) is 0 Å². The van der Waals surface area contributed by atoms with E-state index in [-0.39, 0.29) is 10.6 Å². The molecule has 2 atom stereocenters. The van der Waals surface area contributed by atoms with E-state index < -0.39 is 0 Å². The smallest absolute Gasteiger partial charge is 0.133 e. The molecule has 2 heteroatoms. The summed E-state index contributed by atoms with van der Waals surface area (Å²) in [7, 11) is 2.92. The van der Waals surface area contributed by atoms with Crippen LogP contribution in [0.15, 0.2) is 36.4 Å². The highest BCUT2D eigenvalue weighted by Crippen LogP contribution is 2.42. The van der Waals surface area contributed by atoms with Crippen LogP contribution < -0.4 is 0 Å². The molecular weight excluding hydrogens is 455 g/mol. The van der Waals surface area contributed by atoms with Crippen LogP contribution in [0.3, 0.4) is 0 Å². The maximum atomic E-state index is 13.1. The molecule has 1 nitrogen and oxygen atoms in total. The summed E-state index contributed by atoms with van der Waals surface area (Å²) in [6.07, 6.45) is 3.26. The van der Waals surface area contributed by atoms with Crippen molar-refractivity contribution in [2.24, 2.45) is 11.3 Å². The topological polar surface area (TPSA) is 17.1 Å². The van der Waals surface area contributed by atoms with Gasteiger partial charge >= 0.3 is 0 Å². The van der Waals surface area contributed by atoms with Gasteiger partial charge < -0.3 is 0 Å². The van der Waals surface area contributed by atoms with E-state index in [9.17, 15) is 4.79 Å². The molecule has 0 spiro atoms. The third-order valence-electron chi connectivity index (χ3n) is 7.21. The summed E-state index contributed by atoms with van der Waals surface area (Å²) < 4.78 is 0. The zero-order chi connectivity index (χ0) is 27.4. The molecule has 0 aliphatic carbocycles. The Morgan fingerprint density at radius 3 is 1.83 bits per heavy atom. The van der Waals surface area contributed by atoms with Gasteiger partial charge in [0.2, 0.25) is 0 Å². The van der Waals surface area contributed by atoms with Gasteiger partial charge in [0.1, 0.15) is 5.78 Å². The molecule has 2 unspecified atom stereocenters. The van der Waals surface area contributed by atoms with Crippen LogP contribution in [0.2, 0.25) is 0 Å². The molecule has 0 aliphatic heterocycles. The average Bonchev–Trinajstić information content (AvgIpc) is 2.70. The molecule has 0 aromatic heterocycles. The molecule has 0 aliphatic rings. The molecule has 2 rings (SSSR count). The van der Waals surface area contributed by atoms with Gasteiger partial charge in [0.25, 0.3) is 0 Å². The Balaban J connectivity index is 2.44. The molecule has 0 N–H and O–H groups in total. The largest absolute Gasteiger partial charge is 0.300 e. The Bertz CT molecular complexity index is 991. The van der Waals surface area contributed by atoms with Gasteiger partial charge in [-0.1, -0.05) is 113 Å². The van der Waals surface area contributed by atoms with Crippen LogP contribution in [0.5, 0.6) is 0 Å². The lowest BCUT2D eigenvalue weighted by atomic mass is 9.76. The SMILES string of the molecule is CC(CC(=O)CC(C)(C)Cc1ccccc1-c1c(C(C)C)cc(C(C)C)cc1C(C)C)CC(C)(C)P. The van der Waals surface area contributed by atoms with Crippen molar-refractivity contribution >= 4 is 15.0 Å². The lowest BCUT2D eigenvalue weighted by Crippen LogP contribution is -2.23. The first-order valence-corrected chi connectivity index (χ1v) is 14.6. The number of hydrogen-bond acceptors (Lipinski definition) is 1. The fourth-order valence-corrected chi connectivity index (χ4v) is 6.13. The Hall–Kier alpha value is -1.46. The molecule has 200 valence electrons. The molecule has 0 radical (unpaired) electrons. The summed E-state index contributed by atoms with van der Waals surface area (Å²) in [5, 5.41) is 0.182. The number of benzene rings is 2. The van der Waals surface area contributed by atoms with Crippen molar-refractivity contribution < 1.29 is 4.79 Å². The van der Waals surface area contributed by atoms with E-state index in [1.54, 1.807) is 0 Å². The first kappa shape index (κ1) is 30.8. The van der Waals surface area contributed by atoms with Crippen molar-refractivity contribution in [3.05, 3.63) is 58.7 Å². The minimum absolute atomic E-state index is 0.0861. The van der Waals surface area contributed by atoms with Crippen molar-refractivity contribution in [3.8, 4) is 11.1 Å². The number of carbonyl (C=O) groups is 1. The van der Waals surface area contributed by atoms with Gasteiger partial charge in [-0.25, -0.2) is 0 Å². The van der Waals surface area contributed by atoms with Gasteiger partial charge in [-0.2, -0.15) is 0 Å². The molecule has 0 saturated carbocycles. The van der Waals surface area contributed by atoms with E-state index in [4.69, 9.17) is 0 Å². The lowest BCUT2D eigenvalue weighted by Gasteiger charge is -2.29. The standard InChI is InChI=1S/C34H53OP/c1-22(2)27-17-30(23(3)4)32(31(18-27)24(5)6)29-15-13-12-14-26(29)20-33(8,9)21-28(35)16-25(7)19-34(10,11)36/h12-15,17-18,22-25H,16,19-21,36H2,1-11H3. The van der Waals surface area contributed by atoms with E-state index in [0.717, 1.165) is 12.8 Å². The van der Waals surface area contributed by atoms with E-state index in [1.807, 2.05) is 0 Å². The second kappa shape index (κ2) is 12.4. The Kier molecular flexibility index (Phi) is 10.6. The predicted octanol–water partition coefficient (Wildman–Crippen LogP) is 10.3. The van der Waals surface area contributed by atoms with Crippen LogP contribution in [0.4, 0.5) is 0 Å². The minimum Gasteiger partial charge on any atom is -0.300 e. The highest BCUT2D eigenvalue weighted by molar-refractivity contribution is 7.18. The van der Waals surface area contributed by atoms with Gasteiger partial charge in [-0.05, 0) is 80.5 Å². The second-order valence-corrected chi connectivity index (χ2v) is 15.3. The van der Waals surface area contributed by atoms with Crippen molar-refractivity contribution in [2.75, 3.05) is 0 Å². The minimum atomic E-state index is -0.0861. The van der Waals surface area contributed by atoms with Crippen LogP contribution in [0, 0.1) is 11.3 Å². The summed E-state index contributed by atoms with van der Waals surface area (Å²) >= 11 is 0. The first-order chi connectivity index (χ1) is 16.5.